The molecule has 1 N–H and O–H groups in total. The summed E-state index contributed by atoms with van der Waals surface area (Å²) in [6.07, 6.45) is 3.66. The number of hydrogen-bond acceptors (Lipinski definition) is 2. The summed E-state index contributed by atoms with van der Waals surface area (Å²) in [5.74, 6) is 0. The maximum atomic E-state index is 3.55. The first-order valence-corrected chi connectivity index (χ1v) is 6.45. The molecule has 1 unspecified atom stereocenters. The van der Waals surface area contributed by atoms with Crippen LogP contribution in [0.5, 0.6) is 0 Å². The summed E-state index contributed by atoms with van der Waals surface area (Å²) in [6.45, 7) is 7.71. The van der Waals surface area contributed by atoms with Crippen LogP contribution < -0.4 is 5.32 Å². The van der Waals surface area contributed by atoms with Crippen LogP contribution in [0.25, 0.3) is 0 Å². The van der Waals surface area contributed by atoms with Crippen LogP contribution in [0.3, 0.4) is 0 Å². The van der Waals surface area contributed by atoms with Crippen molar-refractivity contribution in [1.82, 2.24) is 5.32 Å². The van der Waals surface area contributed by atoms with E-state index in [0.29, 0.717) is 6.04 Å². The first kappa shape index (κ1) is 11.7. The van der Waals surface area contributed by atoms with Crippen LogP contribution in [0.4, 0.5) is 0 Å². The molecule has 0 aromatic carbocycles. The van der Waals surface area contributed by atoms with Gasteiger partial charge in [0.25, 0.3) is 0 Å². The van der Waals surface area contributed by atoms with Crippen molar-refractivity contribution >= 4 is 11.3 Å². The molecule has 14 heavy (non-hydrogen) atoms. The lowest BCUT2D eigenvalue weighted by molar-refractivity contribution is 0.516. The van der Waals surface area contributed by atoms with Crippen molar-refractivity contribution in [2.24, 2.45) is 0 Å². The van der Waals surface area contributed by atoms with E-state index in [-0.39, 0.29) is 0 Å². The van der Waals surface area contributed by atoms with E-state index in [1.807, 2.05) is 11.3 Å². The van der Waals surface area contributed by atoms with Gasteiger partial charge < -0.3 is 5.32 Å². The summed E-state index contributed by atoms with van der Waals surface area (Å²) in [7, 11) is 0. The quantitative estimate of drug-likeness (QED) is 0.755. The van der Waals surface area contributed by atoms with E-state index in [1.54, 1.807) is 0 Å². The molecular weight excluding hydrogens is 190 g/mol. The van der Waals surface area contributed by atoms with Crippen molar-refractivity contribution in [3.63, 3.8) is 0 Å². The molecule has 1 nitrogen and oxygen atoms in total. The number of aryl methyl sites for hydroxylation is 1. The van der Waals surface area contributed by atoms with Crippen LogP contribution in [0.1, 0.15) is 49.4 Å². The highest BCUT2D eigenvalue weighted by atomic mass is 32.1. The van der Waals surface area contributed by atoms with Crippen LogP contribution in [0.2, 0.25) is 0 Å². The molecule has 0 aliphatic rings. The van der Waals surface area contributed by atoms with Crippen LogP contribution in [0.15, 0.2) is 12.1 Å². The van der Waals surface area contributed by atoms with Gasteiger partial charge in [-0.2, -0.15) is 0 Å². The second-order valence-corrected chi connectivity index (χ2v) is 4.76. The number of rotatable bonds is 6. The van der Waals surface area contributed by atoms with Gasteiger partial charge in [0, 0.05) is 15.8 Å². The molecule has 1 aromatic rings. The molecule has 1 atom stereocenters. The maximum Gasteiger partial charge on any atom is 0.0414 e. The molecule has 0 bridgehead atoms. The number of nitrogens with one attached hydrogen (secondary N) is 1. The highest BCUT2D eigenvalue weighted by Crippen LogP contribution is 2.26. The minimum atomic E-state index is 0.579. The maximum absolute atomic E-state index is 3.55. The van der Waals surface area contributed by atoms with E-state index in [4.69, 9.17) is 0 Å². The second-order valence-electron chi connectivity index (χ2n) is 3.56. The summed E-state index contributed by atoms with van der Waals surface area (Å²) < 4.78 is 0. The van der Waals surface area contributed by atoms with Crippen LogP contribution in [-0.2, 0) is 6.42 Å². The lowest BCUT2D eigenvalue weighted by atomic mass is 10.1. The molecule has 0 spiro atoms. The zero-order valence-electron chi connectivity index (χ0n) is 9.47. The molecule has 80 valence electrons. The SMILES string of the molecule is CCCC(NCC)c1ccc(CC)s1. The van der Waals surface area contributed by atoms with Crippen molar-refractivity contribution in [3.05, 3.63) is 21.9 Å². The summed E-state index contributed by atoms with van der Waals surface area (Å²) in [5, 5.41) is 3.55. The number of thiophene rings is 1. The molecule has 0 saturated carbocycles. The fraction of sp³-hybridized carbons (Fsp3) is 0.667. The van der Waals surface area contributed by atoms with Gasteiger partial charge in [0.15, 0.2) is 0 Å². The van der Waals surface area contributed by atoms with Crippen LogP contribution in [-0.4, -0.2) is 6.54 Å². The van der Waals surface area contributed by atoms with Gasteiger partial charge in [0.05, 0.1) is 0 Å². The summed E-state index contributed by atoms with van der Waals surface area (Å²) in [6, 6.07) is 5.13. The Labute approximate surface area is 91.5 Å². The molecule has 0 aliphatic carbocycles. The number of hydrogen-bond donors (Lipinski definition) is 1. The monoisotopic (exact) mass is 211 g/mol. The third-order valence-electron chi connectivity index (χ3n) is 2.40. The van der Waals surface area contributed by atoms with Gasteiger partial charge in [0.2, 0.25) is 0 Å². The van der Waals surface area contributed by atoms with E-state index >= 15 is 0 Å². The normalized spacial score (nSPS) is 13.1. The third-order valence-corrected chi connectivity index (χ3v) is 3.75. The standard InChI is InChI=1S/C12H21NS/c1-4-7-11(13-6-3)12-9-8-10(5-2)14-12/h8-9,11,13H,4-7H2,1-3H3. The van der Waals surface area contributed by atoms with Crippen molar-refractivity contribution in [3.8, 4) is 0 Å². The Hall–Kier alpha value is -0.340. The van der Waals surface area contributed by atoms with E-state index in [9.17, 15) is 0 Å². The molecule has 1 heterocycles. The molecule has 2 heteroatoms. The molecule has 0 aliphatic heterocycles. The largest absolute Gasteiger partial charge is 0.310 e. The minimum Gasteiger partial charge on any atom is -0.310 e. The Morgan fingerprint density at radius 3 is 2.57 bits per heavy atom. The third kappa shape index (κ3) is 3.10. The molecule has 1 aromatic heterocycles. The summed E-state index contributed by atoms with van der Waals surface area (Å²) in [4.78, 5) is 3.00. The van der Waals surface area contributed by atoms with Crippen molar-refractivity contribution < 1.29 is 0 Å². The van der Waals surface area contributed by atoms with Crippen LogP contribution >= 0.6 is 11.3 Å². The molecule has 0 fully saturated rings. The first-order chi connectivity index (χ1) is 6.81. The van der Waals surface area contributed by atoms with Gasteiger partial charge in [-0.1, -0.05) is 27.2 Å². The van der Waals surface area contributed by atoms with Crippen molar-refractivity contribution in [1.29, 1.82) is 0 Å². The van der Waals surface area contributed by atoms with Crippen molar-refractivity contribution in [2.45, 2.75) is 46.1 Å². The fourth-order valence-electron chi connectivity index (χ4n) is 1.65. The van der Waals surface area contributed by atoms with Gasteiger partial charge in [-0.15, -0.1) is 11.3 Å². The average molecular weight is 211 g/mol. The minimum absolute atomic E-state index is 0.579. The van der Waals surface area contributed by atoms with Gasteiger partial charge in [-0.25, -0.2) is 0 Å². The van der Waals surface area contributed by atoms with E-state index < -0.39 is 0 Å². The van der Waals surface area contributed by atoms with E-state index in [1.165, 1.54) is 22.6 Å². The molecule has 1 rings (SSSR count). The predicted molar refractivity (Wildman–Crippen MR) is 65.0 cm³/mol. The molecular formula is C12H21NS. The summed E-state index contributed by atoms with van der Waals surface area (Å²) >= 11 is 1.96. The van der Waals surface area contributed by atoms with Gasteiger partial charge in [-0.05, 0) is 31.5 Å². The van der Waals surface area contributed by atoms with Gasteiger partial charge in [-0.3, -0.25) is 0 Å². The highest BCUT2D eigenvalue weighted by molar-refractivity contribution is 7.12. The van der Waals surface area contributed by atoms with Crippen LogP contribution in [0, 0.1) is 0 Å². The van der Waals surface area contributed by atoms with Crippen molar-refractivity contribution in [2.75, 3.05) is 6.54 Å². The zero-order valence-corrected chi connectivity index (χ0v) is 10.3. The lowest BCUT2D eigenvalue weighted by Gasteiger charge is -2.14. The average Bonchev–Trinajstić information content (AvgIpc) is 2.65. The Kier molecular flexibility index (Phi) is 5.20. The van der Waals surface area contributed by atoms with E-state index in [0.717, 1.165) is 13.0 Å². The highest BCUT2D eigenvalue weighted by Gasteiger charge is 2.10. The topological polar surface area (TPSA) is 12.0 Å². The first-order valence-electron chi connectivity index (χ1n) is 5.63. The van der Waals surface area contributed by atoms with E-state index in [2.05, 4.69) is 38.2 Å². The molecule has 0 amide bonds. The zero-order chi connectivity index (χ0) is 10.4. The second kappa shape index (κ2) is 6.20. The Morgan fingerprint density at radius 2 is 2.07 bits per heavy atom. The van der Waals surface area contributed by atoms with Gasteiger partial charge in [0.1, 0.15) is 0 Å². The Bertz CT molecular complexity index is 249. The molecule has 0 radical (unpaired) electrons. The Morgan fingerprint density at radius 1 is 1.29 bits per heavy atom. The summed E-state index contributed by atoms with van der Waals surface area (Å²) in [5.41, 5.74) is 0. The lowest BCUT2D eigenvalue weighted by Crippen LogP contribution is -2.19. The predicted octanol–water partition coefficient (Wildman–Crippen LogP) is 3.76. The van der Waals surface area contributed by atoms with Gasteiger partial charge >= 0.3 is 0 Å². The molecule has 0 saturated heterocycles. The Balaban J connectivity index is 2.65. The smallest absolute Gasteiger partial charge is 0.0414 e. The fourth-order valence-corrected chi connectivity index (χ4v) is 2.71.